The molecule has 1 aromatic carbocycles. The monoisotopic (exact) mass is 439 g/mol. The van der Waals surface area contributed by atoms with Crippen molar-refractivity contribution in [2.24, 2.45) is 0 Å². The standard InChI is InChI=1S/C23H25N3O2S2/c1-23(22(28)24-16-6-3-4-7-16)14-25-19(12-15-10-11-30-21(15)25)20(27)26(23)17-8-5-9-18(13-17)29-2/h5,8-13,16H,3-4,6-7,14H2,1-2H3,(H,24,28). The molecule has 1 unspecified atom stereocenters. The number of anilines is 1. The fraction of sp³-hybridized carbons (Fsp3) is 0.391. The van der Waals surface area contributed by atoms with Gasteiger partial charge >= 0.3 is 0 Å². The minimum absolute atomic E-state index is 0.0682. The van der Waals surface area contributed by atoms with Gasteiger partial charge in [0.25, 0.3) is 5.91 Å². The number of benzene rings is 1. The van der Waals surface area contributed by atoms with Crippen molar-refractivity contribution in [3.8, 4) is 0 Å². The van der Waals surface area contributed by atoms with Crippen LogP contribution >= 0.6 is 23.1 Å². The van der Waals surface area contributed by atoms with Crippen molar-refractivity contribution in [2.45, 2.75) is 55.6 Å². The minimum atomic E-state index is -1.00. The van der Waals surface area contributed by atoms with Gasteiger partial charge in [-0.1, -0.05) is 18.9 Å². The first-order valence-electron chi connectivity index (χ1n) is 10.4. The molecule has 156 valence electrons. The Morgan fingerprint density at radius 2 is 2.03 bits per heavy atom. The van der Waals surface area contributed by atoms with E-state index in [1.54, 1.807) is 28.0 Å². The number of hydrogen-bond donors (Lipinski definition) is 1. The molecule has 0 radical (unpaired) electrons. The normalized spacial score (nSPS) is 21.9. The van der Waals surface area contributed by atoms with E-state index < -0.39 is 5.54 Å². The number of rotatable bonds is 4. The summed E-state index contributed by atoms with van der Waals surface area (Å²) in [6.45, 7) is 2.35. The Bertz CT molecular complexity index is 1130. The van der Waals surface area contributed by atoms with Gasteiger partial charge < -0.3 is 9.88 Å². The number of thiophene rings is 1. The maximum Gasteiger partial charge on any atom is 0.275 e. The molecule has 3 aromatic rings. The van der Waals surface area contributed by atoms with Crippen molar-refractivity contribution in [3.63, 3.8) is 0 Å². The largest absolute Gasteiger partial charge is 0.351 e. The number of nitrogens with zero attached hydrogens (tertiary/aromatic N) is 2. The molecule has 3 heterocycles. The van der Waals surface area contributed by atoms with Crippen LogP contribution in [0.1, 0.15) is 43.1 Å². The van der Waals surface area contributed by atoms with E-state index >= 15 is 0 Å². The fourth-order valence-electron chi connectivity index (χ4n) is 4.76. The summed E-state index contributed by atoms with van der Waals surface area (Å²) in [6, 6.07) is 12.1. The Balaban J connectivity index is 1.63. The van der Waals surface area contributed by atoms with Gasteiger partial charge in [0.2, 0.25) is 5.91 Å². The molecule has 2 aliphatic rings. The Labute approximate surface area is 184 Å². The molecule has 1 fully saturated rings. The molecule has 0 spiro atoms. The minimum Gasteiger partial charge on any atom is -0.351 e. The second-order valence-corrected chi connectivity index (χ2v) is 10.1. The van der Waals surface area contributed by atoms with Crippen molar-refractivity contribution < 1.29 is 9.59 Å². The van der Waals surface area contributed by atoms with Gasteiger partial charge in [0.05, 0.1) is 6.54 Å². The van der Waals surface area contributed by atoms with Crippen LogP contribution in [0.5, 0.6) is 0 Å². The van der Waals surface area contributed by atoms with Crippen molar-refractivity contribution in [1.29, 1.82) is 0 Å². The summed E-state index contributed by atoms with van der Waals surface area (Å²) in [5, 5.41) is 6.35. The van der Waals surface area contributed by atoms with E-state index in [0.717, 1.165) is 46.5 Å². The van der Waals surface area contributed by atoms with E-state index in [9.17, 15) is 9.59 Å². The highest BCUT2D eigenvalue weighted by molar-refractivity contribution is 7.98. The van der Waals surface area contributed by atoms with Crippen LogP contribution in [-0.4, -0.2) is 34.2 Å². The number of amides is 2. The molecular formula is C23H25N3O2S2. The third kappa shape index (κ3) is 3.06. The molecule has 5 nitrogen and oxygen atoms in total. The summed E-state index contributed by atoms with van der Waals surface area (Å²) in [6.07, 6.45) is 6.35. The molecule has 1 atom stereocenters. The number of nitrogens with one attached hydrogen (secondary N) is 1. The van der Waals surface area contributed by atoms with Crippen molar-refractivity contribution >= 4 is 50.8 Å². The molecule has 1 N–H and O–H groups in total. The quantitative estimate of drug-likeness (QED) is 0.588. The first kappa shape index (κ1) is 19.7. The number of carbonyl (C=O) groups is 2. The lowest BCUT2D eigenvalue weighted by Crippen LogP contribution is -2.65. The Morgan fingerprint density at radius 1 is 1.23 bits per heavy atom. The van der Waals surface area contributed by atoms with E-state index in [0.29, 0.717) is 12.2 Å². The third-order valence-electron chi connectivity index (χ3n) is 6.38. The van der Waals surface area contributed by atoms with Crippen LogP contribution < -0.4 is 10.2 Å². The summed E-state index contributed by atoms with van der Waals surface area (Å²) in [5.74, 6) is -0.187. The van der Waals surface area contributed by atoms with Gasteiger partial charge in [-0.15, -0.1) is 23.1 Å². The molecule has 2 amide bonds. The molecule has 1 aliphatic carbocycles. The van der Waals surface area contributed by atoms with E-state index in [4.69, 9.17) is 0 Å². The zero-order valence-electron chi connectivity index (χ0n) is 17.2. The van der Waals surface area contributed by atoms with Crippen LogP contribution in [0.25, 0.3) is 10.2 Å². The Hall–Kier alpha value is -2.25. The van der Waals surface area contributed by atoms with E-state index in [1.807, 2.05) is 59.5 Å². The fourth-order valence-corrected chi connectivity index (χ4v) is 6.11. The van der Waals surface area contributed by atoms with E-state index in [-0.39, 0.29) is 17.9 Å². The molecular weight excluding hydrogens is 414 g/mol. The molecule has 30 heavy (non-hydrogen) atoms. The molecule has 0 bridgehead atoms. The van der Waals surface area contributed by atoms with Crippen LogP contribution in [-0.2, 0) is 11.3 Å². The van der Waals surface area contributed by atoms with E-state index in [2.05, 4.69) is 5.32 Å². The number of carbonyl (C=O) groups excluding carboxylic acids is 2. The van der Waals surface area contributed by atoms with Crippen LogP contribution in [0.3, 0.4) is 0 Å². The lowest BCUT2D eigenvalue weighted by Gasteiger charge is -2.44. The van der Waals surface area contributed by atoms with Gasteiger partial charge in [0, 0.05) is 22.0 Å². The smallest absolute Gasteiger partial charge is 0.275 e. The number of thioether (sulfide) groups is 1. The summed E-state index contributed by atoms with van der Waals surface area (Å²) in [5.41, 5.74) is 0.420. The average Bonchev–Trinajstić information content (AvgIpc) is 3.47. The van der Waals surface area contributed by atoms with Crippen molar-refractivity contribution in [1.82, 2.24) is 9.88 Å². The highest BCUT2D eigenvalue weighted by Gasteiger charge is 2.49. The van der Waals surface area contributed by atoms with Gasteiger partial charge in [-0.2, -0.15) is 0 Å². The van der Waals surface area contributed by atoms with Gasteiger partial charge in [-0.25, -0.2) is 0 Å². The van der Waals surface area contributed by atoms with Gasteiger partial charge in [0.1, 0.15) is 16.1 Å². The second kappa shape index (κ2) is 7.46. The molecule has 0 saturated heterocycles. The topological polar surface area (TPSA) is 54.3 Å². The first-order valence-corrected chi connectivity index (χ1v) is 12.5. The predicted octanol–water partition coefficient (Wildman–Crippen LogP) is 4.90. The second-order valence-electron chi connectivity index (χ2n) is 8.37. The molecule has 7 heteroatoms. The van der Waals surface area contributed by atoms with Gasteiger partial charge in [-0.05, 0) is 61.7 Å². The summed E-state index contributed by atoms with van der Waals surface area (Å²) < 4.78 is 2.03. The average molecular weight is 440 g/mol. The van der Waals surface area contributed by atoms with Crippen LogP contribution in [0.15, 0.2) is 46.7 Å². The molecule has 1 saturated carbocycles. The summed E-state index contributed by atoms with van der Waals surface area (Å²) >= 11 is 3.25. The highest BCUT2D eigenvalue weighted by Crippen LogP contribution is 2.38. The first-order chi connectivity index (χ1) is 14.5. The zero-order valence-corrected chi connectivity index (χ0v) is 18.8. The maximum absolute atomic E-state index is 13.8. The summed E-state index contributed by atoms with van der Waals surface area (Å²) in [7, 11) is 0. The Kier molecular flexibility index (Phi) is 4.90. The SMILES string of the molecule is CSc1cccc(N2C(=O)c3cc4ccsc4n3CC2(C)C(=O)NC2CCCC2)c1. The maximum atomic E-state index is 13.8. The number of aromatic nitrogens is 1. The van der Waals surface area contributed by atoms with Crippen LogP contribution in [0, 0.1) is 0 Å². The van der Waals surface area contributed by atoms with Crippen molar-refractivity contribution in [2.75, 3.05) is 11.2 Å². The number of fused-ring (bicyclic) bond motifs is 3. The van der Waals surface area contributed by atoms with Crippen LogP contribution in [0.4, 0.5) is 5.69 Å². The predicted molar refractivity (Wildman–Crippen MR) is 124 cm³/mol. The molecule has 5 rings (SSSR count). The highest BCUT2D eigenvalue weighted by atomic mass is 32.2. The van der Waals surface area contributed by atoms with Gasteiger partial charge in [0.15, 0.2) is 0 Å². The van der Waals surface area contributed by atoms with Gasteiger partial charge in [-0.3, -0.25) is 14.5 Å². The molecule has 2 aromatic heterocycles. The summed E-state index contributed by atoms with van der Waals surface area (Å²) in [4.78, 5) is 31.3. The zero-order chi connectivity index (χ0) is 20.9. The van der Waals surface area contributed by atoms with E-state index in [1.165, 1.54) is 0 Å². The Morgan fingerprint density at radius 3 is 2.80 bits per heavy atom. The molecule has 1 aliphatic heterocycles. The number of hydrogen-bond acceptors (Lipinski definition) is 4. The lowest BCUT2D eigenvalue weighted by molar-refractivity contribution is -0.127. The van der Waals surface area contributed by atoms with Crippen molar-refractivity contribution in [3.05, 3.63) is 47.5 Å². The third-order valence-corrected chi connectivity index (χ3v) is 8.05. The lowest BCUT2D eigenvalue weighted by atomic mass is 9.93. The van der Waals surface area contributed by atoms with Crippen LogP contribution in [0.2, 0.25) is 0 Å².